The third-order valence-corrected chi connectivity index (χ3v) is 3.09. The van der Waals surface area contributed by atoms with Gasteiger partial charge in [0.25, 0.3) is 0 Å². The van der Waals surface area contributed by atoms with Crippen LogP contribution in [0.4, 0.5) is 4.39 Å². The largest absolute Gasteiger partial charge is 0.458 e. The molecule has 0 amide bonds. The van der Waals surface area contributed by atoms with Crippen LogP contribution in [-0.2, 0) is 6.42 Å². The Morgan fingerprint density at radius 3 is 2.68 bits per heavy atom. The lowest BCUT2D eigenvalue weighted by Crippen LogP contribution is -2.00. The van der Waals surface area contributed by atoms with E-state index >= 15 is 0 Å². The second-order valence-electron chi connectivity index (χ2n) is 4.54. The van der Waals surface area contributed by atoms with Crippen molar-refractivity contribution in [1.29, 1.82) is 0 Å². The molecule has 1 N–H and O–H groups in total. The van der Waals surface area contributed by atoms with Crippen LogP contribution >= 0.6 is 0 Å². The normalized spacial score (nSPS) is 12.7. The van der Waals surface area contributed by atoms with E-state index in [9.17, 15) is 9.50 Å². The van der Waals surface area contributed by atoms with E-state index in [1.54, 1.807) is 12.1 Å². The van der Waals surface area contributed by atoms with E-state index in [1.165, 1.54) is 12.1 Å². The smallest absolute Gasteiger partial charge is 0.134 e. The fourth-order valence-electron chi connectivity index (χ4n) is 2.15. The Hall–Kier alpha value is -2.13. The number of furan rings is 1. The van der Waals surface area contributed by atoms with Crippen molar-refractivity contribution in [1.82, 2.24) is 0 Å². The minimum Gasteiger partial charge on any atom is -0.458 e. The maximum Gasteiger partial charge on any atom is 0.134 e. The van der Waals surface area contributed by atoms with Crippen molar-refractivity contribution in [2.75, 3.05) is 0 Å². The molecule has 3 aromatic rings. The van der Waals surface area contributed by atoms with Crippen LogP contribution in [0, 0.1) is 5.82 Å². The van der Waals surface area contributed by atoms with Gasteiger partial charge >= 0.3 is 0 Å². The Balaban J connectivity index is 1.85. The van der Waals surface area contributed by atoms with Crippen molar-refractivity contribution in [3.63, 3.8) is 0 Å². The van der Waals surface area contributed by atoms with Crippen molar-refractivity contribution in [3.8, 4) is 0 Å². The summed E-state index contributed by atoms with van der Waals surface area (Å²) in [6.07, 6.45) is -0.438. The molecular weight excluding hydrogens is 243 g/mol. The molecule has 0 spiro atoms. The molecule has 2 aromatic carbocycles. The third-order valence-electron chi connectivity index (χ3n) is 3.09. The third kappa shape index (κ3) is 2.51. The highest BCUT2D eigenvalue weighted by molar-refractivity contribution is 5.77. The van der Waals surface area contributed by atoms with Crippen molar-refractivity contribution in [2.45, 2.75) is 12.5 Å². The molecular formula is C16H13FO2. The molecule has 3 rings (SSSR count). The Bertz CT molecular complexity index is 670. The summed E-state index contributed by atoms with van der Waals surface area (Å²) in [5.74, 6) is 0.208. The molecule has 0 fully saturated rings. The van der Waals surface area contributed by atoms with Gasteiger partial charge in [0.15, 0.2) is 0 Å². The molecule has 0 saturated heterocycles. The Kier molecular flexibility index (Phi) is 3.05. The van der Waals surface area contributed by atoms with Gasteiger partial charge in [-0.3, -0.25) is 0 Å². The van der Waals surface area contributed by atoms with Gasteiger partial charge in [-0.1, -0.05) is 30.3 Å². The Morgan fingerprint density at radius 2 is 1.89 bits per heavy atom. The predicted molar refractivity (Wildman–Crippen MR) is 71.3 cm³/mol. The molecule has 1 unspecified atom stereocenters. The Labute approximate surface area is 110 Å². The van der Waals surface area contributed by atoms with Crippen LogP contribution in [0.15, 0.2) is 59.0 Å². The van der Waals surface area contributed by atoms with E-state index in [2.05, 4.69) is 0 Å². The number of rotatable bonds is 3. The van der Waals surface area contributed by atoms with Crippen molar-refractivity contribution >= 4 is 11.0 Å². The molecule has 0 saturated carbocycles. The van der Waals surface area contributed by atoms with Crippen LogP contribution in [0.5, 0.6) is 0 Å². The van der Waals surface area contributed by atoms with E-state index in [4.69, 9.17) is 4.42 Å². The first kappa shape index (κ1) is 11.9. The van der Waals surface area contributed by atoms with Gasteiger partial charge in [-0.15, -0.1) is 0 Å². The van der Waals surface area contributed by atoms with Gasteiger partial charge in [0.1, 0.15) is 23.3 Å². The maximum absolute atomic E-state index is 13.1. The Morgan fingerprint density at radius 1 is 1.05 bits per heavy atom. The summed E-state index contributed by atoms with van der Waals surface area (Å²) >= 11 is 0. The maximum atomic E-state index is 13.1. The molecule has 1 aromatic heterocycles. The van der Waals surface area contributed by atoms with Crippen LogP contribution in [0.1, 0.15) is 17.4 Å². The van der Waals surface area contributed by atoms with Gasteiger partial charge < -0.3 is 9.52 Å². The molecule has 96 valence electrons. The lowest BCUT2D eigenvalue weighted by atomic mass is 10.1. The SMILES string of the molecule is OC(Cc1cccc(F)c1)c1cc2ccccc2o1. The van der Waals surface area contributed by atoms with Crippen molar-refractivity contribution in [3.05, 3.63) is 71.7 Å². The molecule has 3 heteroatoms. The molecule has 0 aliphatic carbocycles. The van der Waals surface area contributed by atoms with E-state index in [0.29, 0.717) is 12.2 Å². The zero-order valence-electron chi connectivity index (χ0n) is 10.2. The molecule has 1 atom stereocenters. The van der Waals surface area contributed by atoms with Gasteiger partial charge in [0, 0.05) is 11.8 Å². The van der Waals surface area contributed by atoms with Crippen LogP contribution < -0.4 is 0 Å². The quantitative estimate of drug-likeness (QED) is 0.772. The summed E-state index contributed by atoms with van der Waals surface area (Å²) in [6, 6.07) is 15.6. The van der Waals surface area contributed by atoms with Crippen LogP contribution in [0.3, 0.4) is 0 Å². The number of halogens is 1. The molecule has 0 aliphatic rings. The zero-order chi connectivity index (χ0) is 13.2. The average molecular weight is 256 g/mol. The average Bonchev–Trinajstić information content (AvgIpc) is 2.82. The molecule has 2 nitrogen and oxygen atoms in total. The van der Waals surface area contributed by atoms with Crippen LogP contribution in [0.2, 0.25) is 0 Å². The minimum atomic E-state index is -0.769. The number of aliphatic hydroxyl groups excluding tert-OH is 1. The summed E-state index contributed by atoms with van der Waals surface area (Å²) in [5.41, 5.74) is 1.49. The summed E-state index contributed by atoms with van der Waals surface area (Å²) in [4.78, 5) is 0. The van der Waals surface area contributed by atoms with E-state index in [-0.39, 0.29) is 5.82 Å². The first-order chi connectivity index (χ1) is 9.22. The topological polar surface area (TPSA) is 33.4 Å². The fourth-order valence-corrected chi connectivity index (χ4v) is 2.15. The van der Waals surface area contributed by atoms with E-state index in [1.807, 2.05) is 30.3 Å². The van der Waals surface area contributed by atoms with Gasteiger partial charge in [-0.2, -0.15) is 0 Å². The number of aliphatic hydroxyl groups is 1. The molecule has 1 heterocycles. The molecule has 0 aliphatic heterocycles. The van der Waals surface area contributed by atoms with Crippen molar-refractivity contribution in [2.24, 2.45) is 0 Å². The first-order valence-electron chi connectivity index (χ1n) is 6.13. The summed E-state index contributed by atoms with van der Waals surface area (Å²) in [6.45, 7) is 0. The number of para-hydroxylation sites is 1. The van der Waals surface area contributed by atoms with Gasteiger partial charge in [0.05, 0.1) is 0 Å². The van der Waals surface area contributed by atoms with Gasteiger partial charge in [-0.25, -0.2) is 4.39 Å². The number of hydrogen-bond donors (Lipinski definition) is 1. The van der Waals surface area contributed by atoms with Gasteiger partial charge in [0.2, 0.25) is 0 Å². The number of benzene rings is 2. The predicted octanol–water partition coefficient (Wildman–Crippen LogP) is 3.85. The zero-order valence-corrected chi connectivity index (χ0v) is 10.2. The lowest BCUT2D eigenvalue weighted by Gasteiger charge is -2.07. The van der Waals surface area contributed by atoms with E-state index in [0.717, 1.165) is 16.5 Å². The fraction of sp³-hybridized carbons (Fsp3) is 0.125. The monoisotopic (exact) mass is 256 g/mol. The second-order valence-corrected chi connectivity index (χ2v) is 4.54. The van der Waals surface area contributed by atoms with E-state index < -0.39 is 6.10 Å². The summed E-state index contributed by atoms with van der Waals surface area (Å²) in [7, 11) is 0. The highest BCUT2D eigenvalue weighted by Gasteiger charge is 2.14. The number of fused-ring (bicyclic) bond motifs is 1. The van der Waals surface area contributed by atoms with Crippen LogP contribution in [0.25, 0.3) is 11.0 Å². The first-order valence-corrected chi connectivity index (χ1v) is 6.13. The molecule has 0 radical (unpaired) electrons. The standard InChI is InChI=1S/C16H13FO2/c17-13-6-3-4-11(8-13)9-14(18)16-10-12-5-1-2-7-15(12)19-16/h1-8,10,14,18H,9H2. The molecule has 19 heavy (non-hydrogen) atoms. The lowest BCUT2D eigenvalue weighted by molar-refractivity contribution is 0.152. The number of hydrogen-bond acceptors (Lipinski definition) is 2. The van der Waals surface area contributed by atoms with Crippen LogP contribution in [-0.4, -0.2) is 5.11 Å². The van der Waals surface area contributed by atoms with Gasteiger partial charge in [-0.05, 0) is 29.8 Å². The van der Waals surface area contributed by atoms with Crippen molar-refractivity contribution < 1.29 is 13.9 Å². The summed E-state index contributed by atoms with van der Waals surface area (Å²) < 4.78 is 18.7. The minimum absolute atomic E-state index is 0.297. The summed E-state index contributed by atoms with van der Waals surface area (Å²) in [5, 5.41) is 11.1. The highest BCUT2D eigenvalue weighted by Crippen LogP contribution is 2.26. The second kappa shape index (κ2) is 4.86. The molecule has 0 bridgehead atoms. The highest BCUT2D eigenvalue weighted by atomic mass is 19.1.